The molecule has 0 spiro atoms. The number of aromatic nitrogens is 2. The van der Waals surface area contributed by atoms with Crippen molar-refractivity contribution < 1.29 is 13.9 Å². The molecule has 2 aromatic rings. The first-order chi connectivity index (χ1) is 7.72. The Labute approximate surface area is 91.1 Å². The van der Waals surface area contributed by atoms with Crippen molar-refractivity contribution in [2.45, 2.75) is 6.42 Å². The molecule has 16 heavy (non-hydrogen) atoms. The molecule has 0 saturated heterocycles. The molecule has 0 fully saturated rings. The summed E-state index contributed by atoms with van der Waals surface area (Å²) < 4.78 is 18.1. The number of fused-ring (bicyclic) bond motifs is 1. The normalized spacial score (nSPS) is 10.4. The molecule has 0 amide bonds. The predicted molar refractivity (Wildman–Crippen MR) is 55.2 cm³/mol. The fraction of sp³-hybridized carbons (Fsp3) is 0.182. The Kier molecular flexibility index (Phi) is 2.76. The third kappa shape index (κ3) is 1.84. The molecule has 0 aliphatic carbocycles. The maximum atomic E-state index is 13.6. The Hall–Kier alpha value is -2.04. The lowest BCUT2D eigenvalue weighted by Gasteiger charge is -2.04. The molecule has 0 aliphatic rings. The number of ether oxygens (including phenoxy) is 1. The fourth-order valence-corrected chi connectivity index (χ4v) is 1.47. The Morgan fingerprint density at radius 2 is 2.25 bits per heavy atom. The van der Waals surface area contributed by atoms with Crippen molar-refractivity contribution in [3.8, 4) is 0 Å². The first kappa shape index (κ1) is 10.5. The second-order valence-corrected chi connectivity index (χ2v) is 3.21. The maximum absolute atomic E-state index is 13.6. The van der Waals surface area contributed by atoms with E-state index in [0.717, 1.165) is 0 Å². The summed E-state index contributed by atoms with van der Waals surface area (Å²) in [5.41, 5.74) is 0.823. The number of carbonyl (C=O) groups is 1. The lowest BCUT2D eigenvalue weighted by molar-refractivity contribution is -0.139. The molecule has 5 heteroatoms. The Morgan fingerprint density at radius 1 is 1.44 bits per heavy atom. The van der Waals surface area contributed by atoms with Crippen molar-refractivity contribution in [2.24, 2.45) is 0 Å². The van der Waals surface area contributed by atoms with E-state index in [1.807, 2.05) is 0 Å². The topological polar surface area (TPSA) is 52.1 Å². The third-order valence-electron chi connectivity index (χ3n) is 2.23. The summed E-state index contributed by atoms with van der Waals surface area (Å²) in [6.45, 7) is 0. The molecule has 0 unspecified atom stereocenters. The van der Waals surface area contributed by atoms with E-state index in [-0.39, 0.29) is 11.8 Å². The number of rotatable bonds is 2. The van der Waals surface area contributed by atoms with Crippen LogP contribution in [0.4, 0.5) is 4.39 Å². The van der Waals surface area contributed by atoms with Gasteiger partial charge in [0, 0.05) is 0 Å². The number of carbonyl (C=O) groups excluding carboxylic acids is 1. The van der Waals surface area contributed by atoms with Gasteiger partial charge >= 0.3 is 5.97 Å². The van der Waals surface area contributed by atoms with Gasteiger partial charge in [0.2, 0.25) is 0 Å². The highest BCUT2D eigenvalue weighted by Gasteiger charge is 2.12. The van der Waals surface area contributed by atoms with E-state index >= 15 is 0 Å². The van der Waals surface area contributed by atoms with Crippen molar-refractivity contribution in [1.29, 1.82) is 0 Å². The van der Waals surface area contributed by atoms with Gasteiger partial charge in [-0.25, -0.2) is 14.4 Å². The predicted octanol–water partition coefficient (Wildman–Crippen LogP) is 1.48. The molecule has 0 atom stereocenters. The van der Waals surface area contributed by atoms with Crippen LogP contribution in [-0.2, 0) is 16.0 Å². The highest BCUT2D eigenvalue weighted by Crippen LogP contribution is 2.18. The van der Waals surface area contributed by atoms with Crippen molar-refractivity contribution in [3.63, 3.8) is 0 Å². The summed E-state index contributed by atoms with van der Waals surface area (Å²) in [5.74, 6) is -0.889. The van der Waals surface area contributed by atoms with Crippen LogP contribution in [0.2, 0.25) is 0 Å². The van der Waals surface area contributed by atoms with Crippen LogP contribution in [0.1, 0.15) is 5.69 Å². The van der Waals surface area contributed by atoms with Crippen LogP contribution in [0.15, 0.2) is 24.5 Å². The van der Waals surface area contributed by atoms with Gasteiger partial charge in [0.25, 0.3) is 0 Å². The average Bonchev–Trinajstić information content (AvgIpc) is 2.29. The summed E-state index contributed by atoms with van der Waals surface area (Å²) in [7, 11) is 1.28. The molecule has 82 valence electrons. The molecule has 0 aliphatic heterocycles. The SMILES string of the molecule is COC(=O)Cc1ncnc2cccc(F)c12. The molecule has 0 saturated carbocycles. The van der Waals surface area contributed by atoms with Crippen LogP contribution in [0.3, 0.4) is 0 Å². The zero-order valence-corrected chi connectivity index (χ0v) is 8.61. The van der Waals surface area contributed by atoms with Gasteiger partial charge in [0.15, 0.2) is 0 Å². The van der Waals surface area contributed by atoms with Crippen LogP contribution in [-0.4, -0.2) is 23.0 Å². The average molecular weight is 220 g/mol. The number of methoxy groups -OCH3 is 1. The molecule has 1 aromatic carbocycles. The van der Waals surface area contributed by atoms with E-state index in [0.29, 0.717) is 11.2 Å². The second-order valence-electron chi connectivity index (χ2n) is 3.21. The second kappa shape index (κ2) is 4.22. The van der Waals surface area contributed by atoms with Gasteiger partial charge in [-0.1, -0.05) is 6.07 Å². The van der Waals surface area contributed by atoms with E-state index in [1.165, 1.54) is 19.5 Å². The Morgan fingerprint density at radius 3 is 3.00 bits per heavy atom. The maximum Gasteiger partial charge on any atom is 0.311 e. The zero-order chi connectivity index (χ0) is 11.5. The summed E-state index contributed by atoms with van der Waals surface area (Å²) in [5, 5.41) is 0.274. The minimum absolute atomic E-state index is 0.0591. The minimum atomic E-state index is -0.455. The lowest BCUT2D eigenvalue weighted by atomic mass is 10.1. The molecule has 1 aromatic heterocycles. The number of hydrogen-bond acceptors (Lipinski definition) is 4. The van der Waals surface area contributed by atoms with Crippen molar-refractivity contribution in [1.82, 2.24) is 9.97 Å². The van der Waals surface area contributed by atoms with E-state index in [4.69, 9.17) is 0 Å². The van der Waals surface area contributed by atoms with E-state index in [1.54, 1.807) is 12.1 Å². The molecule has 4 nitrogen and oxygen atoms in total. The summed E-state index contributed by atoms with van der Waals surface area (Å²) in [6.07, 6.45) is 1.25. The molecule has 0 radical (unpaired) electrons. The van der Waals surface area contributed by atoms with Crippen molar-refractivity contribution in [2.75, 3.05) is 7.11 Å². The highest BCUT2D eigenvalue weighted by molar-refractivity contribution is 5.85. The van der Waals surface area contributed by atoms with Crippen LogP contribution in [0, 0.1) is 5.82 Å². The van der Waals surface area contributed by atoms with Crippen molar-refractivity contribution in [3.05, 3.63) is 36.0 Å². The molecular formula is C11H9FN2O2. The van der Waals surface area contributed by atoms with Crippen LogP contribution < -0.4 is 0 Å². The monoisotopic (exact) mass is 220 g/mol. The van der Waals surface area contributed by atoms with Crippen LogP contribution >= 0.6 is 0 Å². The van der Waals surface area contributed by atoms with Gasteiger partial charge in [-0.2, -0.15) is 0 Å². The van der Waals surface area contributed by atoms with Gasteiger partial charge in [-0.05, 0) is 12.1 Å². The first-order valence-corrected chi connectivity index (χ1v) is 4.67. The smallest absolute Gasteiger partial charge is 0.311 e. The van der Waals surface area contributed by atoms with Gasteiger partial charge < -0.3 is 4.74 Å². The number of halogens is 1. The van der Waals surface area contributed by atoms with Gasteiger partial charge in [-0.3, -0.25) is 4.79 Å². The largest absolute Gasteiger partial charge is 0.469 e. The summed E-state index contributed by atoms with van der Waals surface area (Å²) in [4.78, 5) is 19.0. The molecule has 1 heterocycles. The third-order valence-corrected chi connectivity index (χ3v) is 2.23. The Balaban J connectivity index is 2.56. The number of hydrogen-bond donors (Lipinski definition) is 0. The highest BCUT2D eigenvalue weighted by atomic mass is 19.1. The number of benzene rings is 1. The molecule has 0 bridgehead atoms. The van der Waals surface area contributed by atoms with E-state index in [2.05, 4.69) is 14.7 Å². The van der Waals surface area contributed by atoms with Gasteiger partial charge in [0.05, 0.1) is 30.1 Å². The first-order valence-electron chi connectivity index (χ1n) is 4.67. The van der Waals surface area contributed by atoms with Crippen LogP contribution in [0.5, 0.6) is 0 Å². The van der Waals surface area contributed by atoms with Gasteiger partial charge in [-0.15, -0.1) is 0 Å². The standard InChI is InChI=1S/C11H9FN2O2/c1-16-10(15)5-9-11-7(12)3-2-4-8(11)13-6-14-9/h2-4,6H,5H2,1H3. The molecule has 0 N–H and O–H groups in total. The van der Waals surface area contributed by atoms with Crippen molar-refractivity contribution >= 4 is 16.9 Å². The Bertz CT molecular complexity index is 537. The number of nitrogens with zero attached hydrogens (tertiary/aromatic N) is 2. The minimum Gasteiger partial charge on any atom is -0.469 e. The van der Waals surface area contributed by atoms with Crippen LogP contribution in [0.25, 0.3) is 10.9 Å². The number of esters is 1. The molecular weight excluding hydrogens is 211 g/mol. The zero-order valence-electron chi connectivity index (χ0n) is 8.61. The quantitative estimate of drug-likeness (QED) is 0.719. The summed E-state index contributed by atoms with van der Waals surface area (Å²) >= 11 is 0. The van der Waals surface area contributed by atoms with E-state index < -0.39 is 11.8 Å². The molecule has 2 rings (SSSR count). The van der Waals surface area contributed by atoms with E-state index in [9.17, 15) is 9.18 Å². The summed E-state index contributed by atoms with van der Waals surface area (Å²) in [6, 6.07) is 4.54. The van der Waals surface area contributed by atoms with Gasteiger partial charge in [0.1, 0.15) is 12.1 Å². The lowest BCUT2D eigenvalue weighted by Crippen LogP contribution is -2.07. The fourth-order valence-electron chi connectivity index (χ4n) is 1.47.